The Morgan fingerprint density at radius 3 is 3.00 bits per heavy atom. The first-order valence-corrected chi connectivity index (χ1v) is 6.77. The Morgan fingerprint density at radius 2 is 2.47 bits per heavy atom. The number of carbonyl (C=O) groups excluding carboxylic acids is 1. The number of halogens is 1. The van der Waals surface area contributed by atoms with Gasteiger partial charge in [0.2, 0.25) is 0 Å². The Labute approximate surface area is 115 Å². The highest BCUT2D eigenvalue weighted by atomic mass is 127. The highest BCUT2D eigenvalue weighted by Gasteiger charge is 2.34. The van der Waals surface area contributed by atoms with Crippen LogP contribution in [0.3, 0.4) is 0 Å². The van der Waals surface area contributed by atoms with Crippen LogP contribution in [-0.2, 0) is 23.0 Å². The molecular formula is C12H17IN2O2. The number of carbonyl (C=O) groups is 1. The molecule has 2 rings (SSSR count). The summed E-state index contributed by atoms with van der Waals surface area (Å²) in [6, 6.07) is 4.27. The summed E-state index contributed by atoms with van der Waals surface area (Å²) < 4.78 is 8.79. The predicted octanol–water partition coefficient (Wildman–Crippen LogP) is 1.47. The summed E-state index contributed by atoms with van der Waals surface area (Å²) >= 11 is 2.32. The molecule has 1 saturated heterocycles. The number of nitrogens with zero attached hydrogens (tertiary/aromatic N) is 1. The maximum absolute atomic E-state index is 10.6. The Hall–Kier alpha value is -0.400. The Balaban J connectivity index is 1.94. The van der Waals surface area contributed by atoms with Gasteiger partial charge in [0.05, 0.1) is 10.3 Å². The highest BCUT2D eigenvalue weighted by molar-refractivity contribution is 14.1. The van der Waals surface area contributed by atoms with E-state index in [-0.39, 0.29) is 5.54 Å². The molecule has 1 fully saturated rings. The molecule has 1 aromatic rings. The van der Waals surface area contributed by atoms with Crippen molar-refractivity contribution in [3.05, 3.63) is 21.5 Å². The molecule has 0 spiro atoms. The number of aryl methyl sites for hydroxylation is 1. The zero-order valence-corrected chi connectivity index (χ0v) is 12.2. The first-order chi connectivity index (χ1) is 8.04. The van der Waals surface area contributed by atoms with E-state index in [0.717, 1.165) is 19.1 Å². The van der Waals surface area contributed by atoms with Crippen LogP contribution in [-0.4, -0.2) is 29.2 Å². The molecule has 94 valence electrons. The molecule has 0 radical (unpaired) electrons. The van der Waals surface area contributed by atoms with Crippen molar-refractivity contribution in [1.82, 2.24) is 9.88 Å². The maximum atomic E-state index is 10.6. The summed E-state index contributed by atoms with van der Waals surface area (Å²) in [5, 5.41) is 3.21. The van der Waals surface area contributed by atoms with Crippen LogP contribution in [0.1, 0.15) is 19.0 Å². The van der Waals surface area contributed by atoms with Gasteiger partial charge < -0.3 is 9.30 Å². The van der Waals surface area contributed by atoms with Gasteiger partial charge in [0.25, 0.3) is 0 Å². The molecule has 1 aromatic heterocycles. The monoisotopic (exact) mass is 348 g/mol. The van der Waals surface area contributed by atoms with Gasteiger partial charge in [-0.25, -0.2) is 0 Å². The topological polar surface area (TPSA) is 43.3 Å². The largest absolute Gasteiger partial charge is 0.354 e. The first kappa shape index (κ1) is 13.0. The Kier molecular flexibility index (Phi) is 3.89. The molecule has 5 heteroatoms. The van der Waals surface area contributed by atoms with E-state index in [1.165, 1.54) is 9.39 Å². The summed E-state index contributed by atoms with van der Waals surface area (Å²) in [5.74, 6) is 0. The molecule has 1 unspecified atom stereocenters. The average molecular weight is 348 g/mol. The Morgan fingerprint density at radius 1 is 1.71 bits per heavy atom. The zero-order valence-electron chi connectivity index (χ0n) is 10.1. The molecule has 0 aliphatic carbocycles. The van der Waals surface area contributed by atoms with Crippen molar-refractivity contribution in [2.45, 2.75) is 31.5 Å². The second-order valence-corrected chi connectivity index (χ2v) is 5.88. The third kappa shape index (κ3) is 2.89. The molecule has 0 saturated carbocycles. The minimum absolute atomic E-state index is 0.0959. The lowest BCUT2D eigenvalue weighted by Gasteiger charge is -2.22. The van der Waals surface area contributed by atoms with Crippen molar-refractivity contribution in [1.29, 1.82) is 0 Å². The number of nitrogens with one attached hydrogen (secondary N) is 1. The smallest absolute Gasteiger partial charge is 0.165 e. The predicted molar refractivity (Wildman–Crippen MR) is 73.8 cm³/mol. The second-order valence-electron chi connectivity index (χ2n) is 4.78. The van der Waals surface area contributed by atoms with E-state index in [1.807, 2.05) is 0 Å². The summed E-state index contributed by atoms with van der Waals surface area (Å²) in [7, 11) is 2.08. The van der Waals surface area contributed by atoms with Crippen LogP contribution in [0.5, 0.6) is 0 Å². The second kappa shape index (κ2) is 5.07. The third-order valence-electron chi connectivity index (χ3n) is 3.29. The van der Waals surface area contributed by atoms with Gasteiger partial charge in [-0.3, -0.25) is 10.1 Å². The molecule has 1 aliphatic heterocycles. The van der Waals surface area contributed by atoms with Crippen molar-refractivity contribution in [2.24, 2.45) is 7.05 Å². The minimum Gasteiger partial charge on any atom is -0.354 e. The van der Waals surface area contributed by atoms with Gasteiger partial charge in [0.1, 0.15) is 0 Å². The van der Waals surface area contributed by atoms with Gasteiger partial charge in [-0.2, -0.15) is 0 Å². The van der Waals surface area contributed by atoms with E-state index in [9.17, 15) is 4.79 Å². The van der Waals surface area contributed by atoms with E-state index in [1.54, 1.807) is 0 Å². The lowest BCUT2D eigenvalue weighted by atomic mass is 9.96. The van der Waals surface area contributed by atoms with Crippen LogP contribution in [0.4, 0.5) is 0 Å². The van der Waals surface area contributed by atoms with E-state index in [4.69, 9.17) is 4.74 Å². The lowest BCUT2D eigenvalue weighted by molar-refractivity contribution is -0.116. The lowest BCUT2D eigenvalue weighted by Crippen LogP contribution is -2.43. The van der Waals surface area contributed by atoms with Gasteiger partial charge >= 0.3 is 0 Å². The summed E-state index contributed by atoms with van der Waals surface area (Å²) in [6.45, 7) is 2.70. The van der Waals surface area contributed by atoms with E-state index < -0.39 is 6.23 Å². The fraction of sp³-hybridized carbons (Fsp3) is 0.583. The van der Waals surface area contributed by atoms with Crippen LogP contribution in [0.2, 0.25) is 0 Å². The number of aldehydes is 1. The van der Waals surface area contributed by atoms with Crippen molar-refractivity contribution in [2.75, 3.05) is 6.61 Å². The van der Waals surface area contributed by atoms with Crippen LogP contribution < -0.4 is 5.32 Å². The molecule has 17 heavy (non-hydrogen) atoms. The van der Waals surface area contributed by atoms with Crippen LogP contribution in [0, 0.1) is 3.70 Å². The van der Waals surface area contributed by atoms with Crippen molar-refractivity contribution >= 4 is 28.9 Å². The van der Waals surface area contributed by atoms with Gasteiger partial charge in [-0.1, -0.05) is 0 Å². The summed E-state index contributed by atoms with van der Waals surface area (Å²) in [6.07, 6.45) is 2.33. The van der Waals surface area contributed by atoms with E-state index in [0.29, 0.717) is 6.61 Å². The molecule has 2 heterocycles. The van der Waals surface area contributed by atoms with Crippen molar-refractivity contribution < 1.29 is 9.53 Å². The maximum Gasteiger partial charge on any atom is 0.165 e. The quantitative estimate of drug-likeness (QED) is 0.662. The normalized spacial score (nSPS) is 28.5. The number of hydrogen-bond acceptors (Lipinski definition) is 3. The molecule has 1 N–H and O–H groups in total. The number of aromatic nitrogens is 1. The summed E-state index contributed by atoms with van der Waals surface area (Å²) in [5.41, 5.74) is 1.22. The number of ether oxygens (including phenoxy) is 1. The Bertz CT molecular complexity index is 419. The highest BCUT2D eigenvalue weighted by Crippen LogP contribution is 2.21. The zero-order chi connectivity index (χ0) is 12.5. The van der Waals surface area contributed by atoms with Crippen LogP contribution >= 0.6 is 22.6 Å². The molecular weight excluding hydrogens is 331 g/mol. The molecule has 0 aromatic carbocycles. The molecule has 0 amide bonds. The standard InChI is InChI=1S/C12H17IN2O2/c1-12(8-17-11(7-16)14-12)6-5-9-3-4-10(13)15(9)2/h3-4,7,11,14H,5-6,8H2,1-2H3/t11?,12-/m1/s1. The third-order valence-corrected chi connectivity index (χ3v) is 4.38. The van der Waals surface area contributed by atoms with Gasteiger partial charge in [-0.05, 0) is 54.5 Å². The van der Waals surface area contributed by atoms with Crippen LogP contribution in [0.15, 0.2) is 12.1 Å². The molecule has 0 bridgehead atoms. The first-order valence-electron chi connectivity index (χ1n) is 5.69. The number of hydrogen-bond donors (Lipinski definition) is 1. The molecule has 4 nitrogen and oxygen atoms in total. The van der Waals surface area contributed by atoms with Gasteiger partial charge in [0.15, 0.2) is 12.5 Å². The minimum atomic E-state index is -0.437. The van der Waals surface area contributed by atoms with Gasteiger partial charge in [0, 0.05) is 18.3 Å². The number of rotatable bonds is 4. The van der Waals surface area contributed by atoms with E-state index in [2.05, 4.69) is 58.6 Å². The average Bonchev–Trinajstić information content (AvgIpc) is 2.83. The SMILES string of the molecule is Cn1c(I)ccc1CC[C@]1(C)COC(C=O)N1. The van der Waals surface area contributed by atoms with E-state index >= 15 is 0 Å². The van der Waals surface area contributed by atoms with Crippen molar-refractivity contribution in [3.63, 3.8) is 0 Å². The fourth-order valence-corrected chi connectivity index (χ4v) is 2.59. The molecule has 2 atom stereocenters. The molecule has 1 aliphatic rings. The van der Waals surface area contributed by atoms with Crippen LogP contribution in [0.25, 0.3) is 0 Å². The fourth-order valence-electron chi connectivity index (χ4n) is 2.10. The summed E-state index contributed by atoms with van der Waals surface area (Å²) in [4.78, 5) is 10.6. The van der Waals surface area contributed by atoms with Gasteiger partial charge in [-0.15, -0.1) is 0 Å². The van der Waals surface area contributed by atoms with Crippen molar-refractivity contribution in [3.8, 4) is 0 Å².